The fraction of sp³-hybridized carbons (Fsp3) is 0.118. The lowest BCUT2D eigenvalue weighted by Crippen LogP contribution is -2.35. The van der Waals surface area contributed by atoms with E-state index < -0.39 is 0 Å². The van der Waals surface area contributed by atoms with Crippen molar-refractivity contribution in [1.82, 2.24) is 10.1 Å². The van der Waals surface area contributed by atoms with Crippen LogP contribution in [0.4, 0.5) is 0 Å². The SMILES string of the molecule is Cc1ccc(-c2c(-c3ncccc3Cl)c(Cl)n[n+]([O-])c2C)cc1. The van der Waals surface area contributed by atoms with Crippen LogP contribution in [-0.2, 0) is 0 Å². The van der Waals surface area contributed by atoms with E-state index in [-0.39, 0.29) is 5.15 Å². The van der Waals surface area contributed by atoms with E-state index in [4.69, 9.17) is 23.2 Å². The van der Waals surface area contributed by atoms with E-state index in [9.17, 15) is 5.21 Å². The van der Waals surface area contributed by atoms with E-state index in [1.165, 1.54) is 0 Å². The van der Waals surface area contributed by atoms with Crippen molar-refractivity contribution in [2.75, 3.05) is 0 Å². The Bertz CT molecular complexity index is 880. The molecule has 0 spiro atoms. The largest absolute Gasteiger partial charge is 0.594 e. The third-order valence-corrected chi connectivity index (χ3v) is 4.19. The first-order valence-corrected chi connectivity index (χ1v) is 7.72. The van der Waals surface area contributed by atoms with Gasteiger partial charge in [0.2, 0.25) is 10.8 Å². The van der Waals surface area contributed by atoms with Crippen LogP contribution in [0.25, 0.3) is 22.4 Å². The van der Waals surface area contributed by atoms with Gasteiger partial charge in [0.1, 0.15) is 0 Å². The molecule has 0 radical (unpaired) electrons. The van der Waals surface area contributed by atoms with E-state index >= 15 is 0 Å². The van der Waals surface area contributed by atoms with Crippen molar-refractivity contribution in [3.05, 3.63) is 69.2 Å². The van der Waals surface area contributed by atoms with Gasteiger partial charge in [-0.15, -0.1) is 0 Å². The summed E-state index contributed by atoms with van der Waals surface area (Å²) in [5, 5.41) is 16.4. The highest BCUT2D eigenvalue weighted by Crippen LogP contribution is 2.39. The summed E-state index contributed by atoms with van der Waals surface area (Å²) in [7, 11) is 0. The first kappa shape index (κ1) is 15.7. The second-order valence-electron chi connectivity index (χ2n) is 5.20. The molecular weight excluding hydrogens is 333 g/mol. The molecule has 0 bridgehead atoms. The van der Waals surface area contributed by atoms with E-state index in [1.807, 2.05) is 31.2 Å². The standard InChI is InChI=1S/C17H13Cl2N3O/c1-10-5-7-12(8-6-10)14-11(2)22(23)21-17(19)15(14)16-13(18)4-3-9-20-16/h3-9H,1-2H3. The van der Waals surface area contributed by atoms with Crippen molar-refractivity contribution in [3.63, 3.8) is 0 Å². The molecule has 2 heterocycles. The zero-order chi connectivity index (χ0) is 16.6. The smallest absolute Gasteiger partial charge is 0.227 e. The van der Waals surface area contributed by atoms with Gasteiger partial charge in [0.05, 0.1) is 21.8 Å². The summed E-state index contributed by atoms with van der Waals surface area (Å²) in [5.41, 5.74) is 4.17. The van der Waals surface area contributed by atoms with Gasteiger partial charge in [0.15, 0.2) is 0 Å². The number of benzene rings is 1. The van der Waals surface area contributed by atoms with Crippen molar-refractivity contribution < 1.29 is 4.85 Å². The summed E-state index contributed by atoms with van der Waals surface area (Å²) in [6, 6.07) is 11.3. The van der Waals surface area contributed by atoms with Crippen molar-refractivity contribution in [2.45, 2.75) is 13.8 Å². The molecule has 0 aliphatic carbocycles. The number of hydrogen-bond donors (Lipinski definition) is 0. The summed E-state index contributed by atoms with van der Waals surface area (Å²) in [6.07, 6.45) is 1.63. The zero-order valence-corrected chi connectivity index (χ0v) is 14.1. The van der Waals surface area contributed by atoms with Gasteiger partial charge < -0.3 is 5.21 Å². The highest BCUT2D eigenvalue weighted by Gasteiger charge is 2.24. The van der Waals surface area contributed by atoms with Crippen LogP contribution in [0, 0.1) is 19.1 Å². The van der Waals surface area contributed by atoms with Crippen molar-refractivity contribution >= 4 is 23.2 Å². The second kappa shape index (κ2) is 6.14. The van der Waals surface area contributed by atoms with Gasteiger partial charge >= 0.3 is 0 Å². The Morgan fingerprint density at radius 3 is 2.35 bits per heavy atom. The highest BCUT2D eigenvalue weighted by atomic mass is 35.5. The van der Waals surface area contributed by atoms with E-state index in [0.717, 1.165) is 11.1 Å². The van der Waals surface area contributed by atoms with Crippen LogP contribution in [0.15, 0.2) is 42.6 Å². The van der Waals surface area contributed by atoms with Crippen molar-refractivity contribution in [3.8, 4) is 22.4 Å². The highest BCUT2D eigenvalue weighted by molar-refractivity contribution is 6.36. The number of hydrogen-bond acceptors (Lipinski definition) is 3. The molecule has 1 aromatic carbocycles. The lowest BCUT2D eigenvalue weighted by molar-refractivity contribution is -0.674. The minimum absolute atomic E-state index is 0.0711. The quantitative estimate of drug-likeness (QED) is 0.511. The molecule has 23 heavy (non-hydrogen) atoms. The monoisotopic (exact) mass is 345 g/mol. The molecule has 0 aliphatic heterocycles. The lowest BCUT2D eigenvalue weighted by atomic mass is 9.97. The third-order valence-electron chi connectivity index (χ3n) is 3.62. The van der Waals surface area contributed by atoms with Crippen LogP contribution >= 0.6 is 23.2 Å². The molecule has 2 aromatic heterocycles. The minimum atomic E-state index is 0.0711. The van der Waals surface area contributed by atoms with E-state index in [1.54, 1.807) is 25.3 Å². The fourth-order valence-corrected chi connectivity index (χ4v) is 2.91. The van der Waals surface area contributed by atoms with Gasteiger partial charge in [-0.05, 0) is 24.6 Å². The van der Waals surface area contributed by atoms with Crippen LogP contribution < -0.4 is 4.85 Å². The maximum absolute atomic E-state index is 12.0. The molecule has 0 unspecified atom stereocenters. The average Bonchev–Trinajstić information content (AvgIpc) is 2.53. The van der Waals surface area contributed by atoms with Crippen LogP contribution in [-0.4, -0.2) is 10.1 Å². The number of rotatable bonds is 2. The Hall–Kier alpha value is -2.17. The number of nitrogens with zero attached hydrogens (tertiary/aromatic N) is 3. The topological polar surface area (TPSA) is 52.7 Å². The molecule has 0 aliphatic rings. The first-order valence-electron chi connectivity index (χ1n) is 6.97. The van der Waals surface area contributed by atoms with Crippen LogP contribution in [0.3, 0.4) is 0 Å². The molecule has 0 saturated carbocycles. The Morgan fingerprint density at radius 1 is 1.00 bits per heavy atom. The zero-order valence-electron chi connectivity index (χ0n) is 12.5. The summed E-state index contributed by atoms with van der Waals surface area (Å²) < 4.78 is 0. The molecule has 0 fully saturated rings. The molecule has 0 atom stereocenters. The predicted molar refractivity (Wildman–Crippen MR) is 91.4 cm³/mol. The van der Waals surface area contributed by atoms with Gasteiger partial charge in [0, 0.05) is 18.2 Å². The Labute approximate surface area is 143 Å². The first-order chi connectivity index (χ1) is 11.0. The fourth-order valence-electron chi connectivity index (χ4n) is 2.44. The average molecular weight is 346 g/mol. The molecule has 0 amide bonds. The van der Waals surface area contributed by atoms with Gasteiger partial charge in [0.25, 0.3) is 0 Å². The summed E-state index contributed by atoms with van der Waals surface area (Å²) in [5.74, 6) is 0. The van der Waals surface area contributed by atoms with Gasteiger partial charge in [-0.2, -0.15) is 0 Å². The number of pyridine rings is 1. The van der Waals surface area contributed by atoms with Crippen LogP contribution in [0.5, 0.6) is 0 Å². The van der Waals surface area contributed by atoms with E-state index in [0.29, 0.717) is 32.4 Å². The Balaban J connectivity index is 2.38. The normalized spacial score (nSPS) is 10.8. The third kappa shape index (κ3) is 2.87. The van der Waals surface area contributed by atoms with Gasteiger partial charge in [-0.1, -0.05) is 57.9 Å². The summed E-state index contributed by atoms with van der Waals surface area (Å²) >= 11 is 12.5. The number of aryl methyl sites for hydroxylation is 1. The molecule has 116 valence electrons. The summed E-state index contributed by atoms with van der Waals surface area (Å²) in [6.45, 7) is 3.70. The molecular formula is C17H13Cl2N3O. The van der Waals surface area contributed by atoms with Crippen LogP contribution in [0.2, 0.25) is 10.2 Å². The number of halogens is 2. The van der Waals surface area contributed by atoms with Crippen molar-refractivity contribution in [2.24, 2.45) is 0 Å². The molecule has 4 nitrogen and oxygen atoms in total. The maximum atomic E-state index is 12.0. The molecule has 0 N–H and O–H groups in total. The van der Waals surface area contributed by atoms with Gasteiger partial charge in [-0.25, -0.2) is 0 Å². The van der Waals surface area contributed by atoms with Crippen molar-refractivity contribution in [1.29, 1.82) is 0 Å². The Kier molecular flexibility index (Phi) is 4.20. The van der Waals surface area contributed by atoms with Gasteiger partial charge in [-0.3, -0.25) is 4.98 Å². The predicted octanol–water partition coefficient (Wildman–Crippen LogP) is 4.37. The molecule has 0 saturated heterocycles. The number of aromatic nitrogens is 3. The molecule has 3 aromatic rings. The Morgan fingerprint density at radius 2 is 1.70 bits per heavy atom. The second-order valence-corrected chi connectivity index (χ2v) is 5.96. The lowest BCUT2D eigenvalue weighted by Gasteiger charge is -2.13. The molecule has 6 heteroatoms. The van der Waals surface area contributed by atoms with E-state index in [2.05, 4.69) is 10.1 Å². The van der Waals surface area contributed by atoms with Crippen LogP contribution in [0.1, 0.15) is 11.3 Å². The summed E-state index contributed by atoms with van der Waals surface area (Å²) in [4.78, 5) is 4.84. The molecule has 3 rings (SSSR count). The minimum Gasteiger partial charge on any atom is -0.594 e. The maximum Gasteiger partial charge on any atom is 0.227 e.